The molecule has 0 saturated heterocycles. The number of thioether (sulfide) groups is 2. The molecule has 0 amide bonds. The minimum Gasteiger partial charge on any atom is -0.493 e. The molecule has 7 heteroatoms. The third-order valence-electron chi connectivity index (χ3n) is 4.74. The van der Waals surface area contributed by atoms with Crippen molar-refractivity contribution < 1.29 is 18.9 Å². The molecule has 1 aliphatic rings. The molecule has 2 aromatic carbocycles. The van der Waals surface area contributed by atoms with E-state index in [-0.39, 0.29) is 13.0 Å². The zero-order valence-corrected chi connectivity index (χ0v) is 18.8. The Hall–Kier alpha value is -1.54. The average molecular weight is 436 g/mol. The first-order chi connectivity index (χ1) is 14.1. The number of nitrogens with two attached hydrogens (primary N) is 1. The Morgan fingerprint density at radius 1 is 1.21 bits per heavy atom. The van der Waals surface area contributed by atoms with Crippen molar-refractivity contribution in [3.05, 3.63) is 42.5 Å². The van der Waals surface area contributed by atoms with E-state index in [4.69, 9.17) is 24.7 Å². The van der Waals surface area contributed by atoms with Crippen LogP contribution in [0.15, 0.2) is 52.3 Å². The summed E-state index contributed by atoms with van der Waals surface area (Å²) in [4.78, 5) is 2.22. The zero-order valence-electron chi connectivity index (χ0n) is 17.1. The maximum atomic E-state index is 6.37. The van der Waals surface area contributed by atoms with Crippen molar-refractivity contribution in [3.8, 4) is 17.2 Å². The lowest BCUT2D eigenvalue weighted by Crippen LogP contribution is -2.37. The second kappa shape index (κ2) is 11.0. The van der Waals surface area contributed by atoms with E-state index in [9.17, 15) is 0 Å². The number of methoxy groups -OCH3 is 2. The van der Waals surface area contributed by atoms with E-state index in [1.807, 2.05) is 42.1 Å². The van der Waals surface area contributed by atoms with Gasteiger partial charge in [0.15, 0.2) is 24.5 Å². The molecule has 2 N–H and O–H groups in total. The summed E-state index contributed by atoms with van der Waals surface area (Å²) in [6, 6.07) is 14.1. The highest BCUT2D eigenvalue weighted by molar-refractivity contribution is 7.99. The standard InChI is InChI=1S/C22H29NO4S2/c1-15(11-16-13-29-19-9-5-4-7-17(19)27-22(16)23)12-28-20-10-6-8-18(25-3)21(20)26-14-24-2/h4-10,15-16,22H,11-14,23H2,1-3H3/t15-,16-,22?/m0/s1. The third-order valence-corrected chi connectivity index (χ3v) is 7.35. The van der Waals surface area contributed by atoms with E-state index in [0.29, 0.717) is 17.6 Å². The van der Waals surface area contributed by atoms with Crippen LogP contribution in [0.4, 0.5) is 0 Å². The van der Waals surface area contributed by atoms with Crippen LogP contribution >= 0.6 is 23.5 Å². The fraction of sp³-hybridized carbons (Fsp3) is 0.455. The lowest BCUT2D eigenvalue weighted by Gasteiger charge is -2.24. The van der Waals surface area contributed by atoms with Crippen LogP contribution in [0, 0.1) is 11.8 Å². The second-order valence-electron chi connectivity index (χ2n) is 7.09. The van der Waals surface area contributed by atoms with Gasteiger partial charge < -0.3 is 18.9 Å². The zero-order chi connectivity index (χ0) is 20.6. The highest BCUT2D eigenvalue weighted by atomic mass is 32.2. The first-order valence-electron chi connectivity index (χ1n) is 9.68. The van der Waals surface area contributed by atoms with Crippen molar-refractivity contribution >= 4 is 23.5 Å². The summed E-state index contributed by atoms with van der Waals surface area (Å²) in [6.07, 6.45) is 0.726. The van der Waals surface area contributed by atoms with Gasteiger partial charge in [-0.2, -0.15) is 0 Å². The van der Waals surface area contributed by atoms with E-state index in [1.165, 1.54) is 4.90 Å². The quantitative estimate of drug-likeness (QED) is 0.445. The van der Waals surface area contributed by atoms with Gasteiger partial charge in [-0.1, -0.05) is 25.1 Å². The Labute approximate surface area is 181 Å². The molecule has 0 fully saturated rings. The maximum absolute atomic E-state index is 6.37. The first-order valence-corrected chi connectivity index (χ1v) is 11.6. The molecule has 1 unspecified atom stereocenters. The van der Waals surface area contributed by atoms with Crippen molar-refractivity contribution in [2.75, 3.05) is 32.5 Å². The van der Waals surface area contributed by atoms with Gasteiger partial charge in [0.2, 0.25) is 0 Å². The van der Waals surface area contributed by atoms with Gasteiger partial charge in [0.1, 0.15) is 5.75 Å². The van der Waals surface area contributed by atoms with E-state index in [0.717, 1.165) is 34.3 Å². The molecule has 2 aromatic rings. The van der Waals surface area contributed by atoms with Crippen molar-refractivity contribution in [1.29, 1.82) is 0 Å². The summed E-state index contributed by atoms with van der Waals surface area (Å²) in [7, 11) is 3.26. The Balaban J connectivity index is 1.58. The fourth-order valence-corrected chi connectivity index (χ4v) is 5.47. The fourth-order valence-electron chi connectivity index (χ4n) is 3.25. The summed E-state index contributed by atoms with van der Waals surface area (Å²) < 4.78 is 22.3. The maximum Gasteiger partial charge on any atom is 0.188 e. The summed E-state index contributed by atoms with van der Waals surface area (Å²) >= 11 is 3.60. The molecule has 1 aliphatic heterocycles. The molecule has 0 radical (unpaired) electrons. The average Bonchev–Trinajstić information content (AvgIpc) is 2.89. The first kappa shape index (κ1) is 22.2. The second-order valence-corrected chi connectivity index (χ2v) is 9.21. The van der Waals surface area contributed by atoms with Crippen molar-refractivity contribution in [2.45, 2.75) is 29.4 Å². The lowest BCUT2D eigenvalue weighted by molar-refractivity contribution is 0.0471. The van der Waals surface area contributed by atoms with Crippen LogP contribution in [0.2, 0.25) is 0 Å². The van der Waals surface area contributed by atoms with E-state index < -0.39 is 0 Å². The summed E-state index contributed by atoms with van der Waals surface area (Å²) in [5, 5.41) is 0. The third kappa shape index (κ3) is 5.98. The molecular weight excluding hydrogens is 406 g/mol. The Bertz CT molecular complexity index is 789. The molecule has 0 spiro atoms. The highest BCUT2D eigenvalue weighted by Gasteiger charge is 2.26. The summed E-state index contributed by atoms with van der Waals surface area (Å²) in [5.41, 5.74) is 6.37. The van der Waals surface area contributed by atoms with Gasteiger partial charge >= 0.3 is 0 Å². The number of ether oxygens (including phenoxy) is 4. The molecule has 1 heterocycles. The van der Waals surface area contributed by atoms with Gasteiger partial charge in [-0.3, -0.25) is 5.73 Å². The molecular formula is C22H29NO4S2. The van der Waals surface area contributed by atoms with Crippen LogP contribution < -0.4 is 19.9 Å². The van der Waals surface area contributed by atoms with Gasteiger partial charge in [-0.15, -0.1) is 23.5 Å². The van der Waals surface area contributed by atoms with Gasteiger partial charge in [0.05, 0.1) is 12.0 Å². The number of rotatable bonds is 9. The molecule has 0 aromatic heterocycles. The van der Waals surface area contributed by atoms with Crippen LogP contribution in [-0.2, 0) is 4.74 Å². The molecule has 3 rings (SSSR count). The number of benzene rings is 2. The predicted molar refractivity (Wildman–Crippen MR) is 119 cm³/mol. The largest absolute Gasteiger partial charge is 0.493 e. The van der Waals surface area contributed by atoms with Gasteiger partial charge in [0, 0.05) is 29.4 Å². The van der Waals surface area contributed by atoms with Crippen molar-refractivity contribution in [2.24, 2.45) is 17.6 Å². The smallest absolute Gasteiger partial charge is 0.188 e. The predicted octanol–water partition coefficient (Wildman–Crippen LogP) is 4.88. The lowest BCUT2D eigenvalue weighted by atomic mass is 9.97. The molecule has 0 aliphatic carbocycles. The van der Waals surface area contributed by atoms with Crippen LogP contribution in [0.25, 0.3) is 0 Å². The molecule has 0 saturated carbocycles. The Morgan fingerprint density at radius 3 is 2.83 bits per heavy atom. The number of hydrogen-bond acceptors (Lipinski definition) is 7. The van der Waals surface area contributed by atoms with Crippen LogP contribution in [0.1, 0.15) is 13.3 Å². The monoisotopic (exact) mass is 435 g/mol. The van der Waals surface area contributed by atoms with Gasteiger partial charge in [0.25, 0.3) is 0 Å². The van der Waals surface area contributed by atoms with Crippen LogP contribution in [0.5, 0.6) is 17.2 Å². The highest BCUT2D eigenvalue weighted by Crippen LogP contribution is 2.40. The Kier molecular flexibility index (Phi) is 8.41. The van der Waals surface area contributed by atoms with E-state index in [2.05, 4.69) is 19.1 Å². The Morgan fingerprint density at radius 2 is 2.03 bits per heavy atom. The summed E-state index contributed by atoms with van der Waals surface area (Å²) in [6.45, 7) is 2.45. The van der Waals surface area contributed by atoms with Gasteiger partial charge in [-0.05, 0) is 36.6 Å². The topological polar surface area (TPSA) is 62.9 Å². The normalized spacial score (nSPS) is 19.6. The molecule has 158 valence electrons. The van der Waals surface area contributed by atoms with Crippen molar-refractivity contribution in [1.82, 2.24) is 0 Å². The molecule has 0 bridgehead atoms. The number of fused-ring (bicyclic) bond motifs is 1. The SMILES string of the molecule is COCOc1c(OC)cccc1SC[C@@H](C)C[C@H]1CSc2ccccc2OC1N. The molecule has 29 heavy (non-hydrogen) atoms. The van der Waals surface area contributed by atoms with Crippen LogP contribution in [-0.4, -0.2) is 38.7 Å². The van der Waals surface area contributed by atoms with Crippen LogP contribution in [0.3, 0.4) is 0 Å². The minimum absolute atomic E-state index is 0.190. The van der Waals surface area contributed by atoms with Crippen molar-refractivity contribution in [3.63, 3.8) is 0 Å². The number of para-hydroxylation sites is 2. The van der Waals surface area contributed by atoms with Gasteiger partial charge in [-0.25, -0.2) is 0 Å². The van der Waals surface area contributed by atoms with E-state index in [1.54, 1.807) is 26.0 Å². The van der Waals surface area contributed by atoms with E-state index >= 15 is 0 Å². The molecule has 5 nitrogen and oxygen atoms in total. The summed E-state index contributed by atoms with van der Waals surface area (Å²) in [5.74, 6) is 5.04. The number of hydrogen-bond donors (Lipinski definition) is 1. The molecule has 3 atom stereocenters. The minimum atomic E-state index is -0.281.